The molecule has 1 amide bonds. The number of ether oxygens (including phenoxy) is 1. The van der Waals surface area contributed by atoms with Crippen LogP contribution in [0.4, 0.5) is 0 Å². The van der Waals surface area contributed by atoms with Crippen LogP contribution in [0.5, 0.6) is 5.75 Å². The van der Waals surface area contributed by atoms with Crippen molar-refractivity contribution in [3.8, 4) is 22.8 Å². The Hall–Kier alpha value is -3.52. The molecule has 0 aliphatic rings. The van der Waals surface area contributed by atoms with Crippen LogP contribution in [-0.2, 0) is 4.79 Å². The maximum atomic E-state index is 12.3. The number of amides is 1. The molecule has 0 aliphatic carbocycles. The Kier molecular flexibility index (Phi) is 6.68. The monoisotopic (exact) mass is 434 g/mol. The Balaban J connectivity index is 1.40. The summed E-state index contributed by atoms with van der Waals surface area (Å²) in [6.07, 6.45) is 1.63. The van der Waals surface area contributed by atoms with Crippen LogP contribution in [0.1, 0.15) is 5.76 Å². The highest BCUT2D eigenvalue weighted by atomic mass is 32.2. The Labute approximate surface area is 184 Å². The van der Waals surface area contributed by atoms with Crippen LogP contribution in [-0.4, -0.2) is 39.6 Å². The minimum atomic E-state index is -0.0923. The third-order valence-corrected chi connectivity index (χ3v) is 5.44. The highest BCUT2D eigenvalue weighted by Crippen LogP contribution is 2.30. The van der Waals surface area contributed by atoms with E-state index in [9.17, 15) is 4.79 Å². The van der Waals surface area contributed by atoms with Crippen LogP contribution in [0.3, 0.4) is 0 Å². The lowest BCUT2D eigenvalue weighted by atomic mass is 10.2. The number of carbonyl (C=O) groups excluding carboxylic acids is 1. The van der Waals surface area contributed by atoms with Crippen LogP contribution in [0.15, 0.2) is 82.6 Å². The third kappa shape index (κ3) is 5.16. The Morgan fingerprint density at radius 1 is 1.06 bits per heavy atom. The molecule has 1 N–H and O–H groups in total. The van der Waals surface area contributed by atoms with E-state index in [2.05, 4.69) is 15.5 Å². The summed E-state index contributed by atoms with van der Waals surface area (Å²) in [6.45, 7) is 2.72. The summed E-state index contributed by atoms with van der Waals surface area (Å²) in [5, 5.41) is 12.2. The van der Waals surface area contributed by atoms with Gasteiger partial charge < -0.3 is 14.5 Å². The van der Waals surface area contributed by atoms with Gasteiger partial charge in [-0.3, -0.25) is 9.36 Å². The molecule has 31 heavy (non-hydrogen) atoms. The first kappa shape index (κ1) is 20.7. The molecule has 0 saturated heterocycles. The molecule has 0 spiro atoms. The van der Waals surface area contributed by atoms with Crippen molar-refractivity contribution in [2.45, 2.75) is 12.1 Å². The van der Waals surface area contributed by atoms with Crippen LogP contribution < -0.4 is 10.1 Å². The lowest BCUT2D eigenvalue weighted by Gasteiger charge is -2.10. The number of hydrogen-bond donors (Lipinski definition) is 1. The van der Waals surface area contributed by atoms with E-state index in [1.807, 2.05) is 78.2 Å². The second-order valence-corrected chi connectivity index (χ2v) is 7.61. The van der Waals surface area contributed by atoms with Gasteiger partial charge in [0.1, 0.15) is 18.1 Å². The second kappa shape index (κ2) is 9.99. The fraction of sp³-hybridized carbons (Fsp3) is 0.174. The number of carbonyl (C=O) groups is 1. The molecular weight excluding hydrogens is 412 g/mol. The molecule has 158 valence electrons. The van der Waals surface area contributed by atoms with E-state index < -0.39 is 0 Å². The number of hydrogen-bond acceptors (Lipinski definition) is 6. The van der Waals surface area contributed by atoms with Gasteiger partial charge in [0, 0.05) is 5.69 Å². The minimum absolute atomic E-state index is 0.0923. The zero-order valence-corrected chi connectivity index (χ0v) is 17.8. The first-order valence-corrected chi connectivity index (χ1v) is 10.8. The number of para-hydroxylation sites is 2. The standard InChI is InChI=1S/C23H22N4O3S/c1-17-20(12-14-29-17)22-25-26-23(27(22)18-8-4-2-5-9-18)31-16-21(28)24-13-15-30-19-10-6-3-7-11-19/h2-12,14H,13,15-16H2,1H3,(H,24,28). The summed E-state index contributed by atoms with van der Waals surface area (Å²) >= 11 is 1.33. The van der Waals surface area contributed by atoms with Crippen molar-refractivity contribution >= 4 is 17.7 Å². The van der Waals surface area contributed by atoms with Gasteiger partial charge in [0.2, 0.25) is 5.91 Å². The zero-order valence-electron chi connectivity index (χ0n) is 17.0. The summed E-state index contributed by atoms with van der Waals surface area (Å²) in [5.41, 5.74) is 1.79. The molecule has 0 radical (unpaired) electrons. The average molecular weight is 435 g/mol. The molecule has 0 saturated carbocycles. The van der Waals surface area contributed by atoms with E-state index in [1.165, 1.54) is 11.8 Å². The molecule has 2 aromatic heterocycles. The molecule has 0 atom stereocenters. The SMILES string of the molecule is Cc1occc1-c1nnc(SCC(=O)NCCOc2ccccc2)n1-c1ccccc1. The average Bonchev–Trinajstić information content (AvgIpc) is 3.42. The molecular formula is C23H22N4O3S. The van der Waals surface area contributed by atoms with Gasteiger partial charge in [-0.2, -0.15) is 0 Å². The number of aryl methyl sites for hydroxylation is 1. The van der Waals surface area contributed by atoms with Gasteiger partial charge in [-0.25, -0.2) is 0 Å². The molecule has 4 aromatic rings. The molecule has 4 rings (SSSR count). The first-order chi connectivity index (χ1) is 15.2. The van der Waals surface area contributed by atoms with E-state index in [-0.39, 0.29) is 11.7 Å². The zero-order chi connectivity index (χ0) is 21.5. The Morgan fingerprint density at radius 2 is 1.81 bits per heavy atom. The van der Waals surface area contributed by atoms with Gasteiger partial charge >= 0.3 is 0 Å². The molecule has 0 bridgehead atoms. The number of thioether (sulfide) groups is 1. The number of benzene rings is 2. The van der Waals surface area contributed by atoms with Crippen molar-refractivity contribution in [1.29, 1.82) is 0 Å². The fourth-order valence-electron chi connectivity index (χ4n) is 3.02. The van der Waals surface area contributed by atoms with Crippen molar-refractivity contribution < 1.29 is 13.9 Å². The number of furan rings is 1. The van der Waals surface area contributed by atoms with Crippen molar-refractivity contribution in [3.05, 3.63) is 78.8 Å². The van der Waals surface area contributed by atoms with E-state index in [1.54, 1.807) is 6.26 Å². The largest absolute Gasteiger partial charge is 0.492 e. The molecule has 0 unspecified atom stereocenters. The normalized spacial score (nSPS) is 10.7. The summed E-state index contributed by atoms with van der Waals surface area (Å²) in [7, 11) is 0. The van der Waals surface area contributed by atoms with Crippen LogP contribution >= 0.6 is 11.8 Å². The molecule has 2 aromatic carbocycles. The predicted octanol–water partition coefficient (Wildman–Crippen LogP) is 4.12. The van der Waals surface area contributed by atoms with Crippen molar-refractivity contribution in [1.82, 2.24) is 20.1 Å². The van der Waals surface area contributed by atoms with Gasteiger partial charge in [-0.05, 0) is 37.3 Å². The Morgan fingerprint density at radius 3 is 2.52 bits per heavy atom. The highest BCUT2D eigenvalue weighted by molar-refractivity contribution is 7.99. The fourth-order valence-corrected chi connectivity index (χ4v) is 3.80. The van der Waals surface area contributed by atoms with Gasteiger partial charge in [0.25, 0.3) is 0 Å². The second-order valence-electron chi connectivity index (χ2n) is 6.67. The summed E-state index contributed by atoms with van der Waals surface area (Å²) in [6, 6.07) is 21.2. The number of aromatic nitrogens is 3. The van der Waals surface area contributed by atoms with Crippen molar-refractivity contribution in [3.63, 3.8) is 0 Å². The molecule has 2 heterocycles. The lowest BCUT2D eigenvalue weighted by molar-refractivity contribution is -0.118. The quantitative estimate of drug-likeness (QED) is 0.315. The molecule has 7 nitrogen and oxygen atoms in total. The van der Waals surface area contributed by atoms with Crippen molar-refractivity contribution in [2.75, 3.05) is 18.9 Å². The smallest absolute Gasteiger partial charge is 0.230 e. The van der Waals surface area contributed by atoms with Crippen LogP contribution in [0, 0.1) is 6.92 Å². The van der Waals surface area contributed by atoms with E-state index >= 15 is 0 Å². The van der Waals surface area contributed by atoms with Gasteiger partial charge in [-0.1, -0.05) is 48.2 Å². The topological polar surface area (TPSA) is 82.2 Å². The number of nitrogens with one attached hydrogen (secondary N) is 1. The number of rotatable bonds is 9. The highest BCUT2D eigenvalue weighted by Gasteiger charge is 2.19. The maximum Gasteiger partial charge on any atom is 0.230 e. The van der Waals surface area contributed by atoms with Crippen LogP contribution in [0.25, 0.3) is 17.1 Å². The predicted molar refractivity (Wildman–Crippen MR) is 119 cm³/mol. The van der Waals surface area contributed by atoms with E-state index in [0.717, 1.165) is 22.8 Å². The third-order valence-electron chi connectivity index (χ3n) is 4.52. The maximum absolute atomic E-state index is 12.3. The van der Waals surface area contributed by atoms with Crippen LogP contribution in [0.2, 0.25) is 0 Å². The van der Waals surface area contributed by atoms with E-state index in [4.69, 9.17) is 9.15 Å². The Bertz CT molecular complexity index is 1130. The molecule has 0 aliphatic heterocycles. The van der Waals surface area contributed by atoms with Gasteiger partial charge in [0.15, 0.2) is 11.0 Å². The summed E-state index contributed by atoms with van der Waals surface area (Å²) in [5.74, 6) is 2.35. The van der Waals surface area contributed by atoms with Gasteiger partial charge in [0.05, 0.1) is 24.1 Å². The summed E-state index contributed by atoms with van der Waals surface area (Å²) in [4.78, 5) is 12.3. The lowest BCUT2D eigenvalue weighted by Crippen LogP contribution is -2.29. The first-order valence-electron chi connectivity index (χ1n) is 9.85. The summed E-state index contributed by atoms with van der Waals surface area (Å²) < 4.78 is 13.0. The molecule has 8 heteroatoms. The van der Waals surface area contributed by atoms with Crippen molar-refractivity contribution in [2.24, 2.45) is 0 Å². The molecule has 0 fully saturated rings. The number of nitrogens with zero attached hydrogens (tertiary/aromatic N) is 3. The van der Waals surface area contributed by atoms with Gasteiger partial charge in [-0.15, -0.1) is 10.2 Å². The van der Waals surface area contributed by atoms with E-state index in [0.29, 0.717) is 24.1 Å². The minimum Gasteiger partial charge on any atom is -0.492 e.